The van der Waals surface area contributed by atoms with Crippen molar-refractivity contribution in [2.75, 3.05) is 30.0 Å². The zero-order valence-corrected chi connectivity index (χ0v) is 13.3. The Labute approximate surface area is 134 Å². The van der Waals surface area contributed by atoms with Crippen molar-refractivity contribution in [1.82, 2.24) is 5.32 Å². The van der Waals surface area contributed by atoms with Gasteiger partial charge in [0.1, 0.15) is 5.75 Å². The number of fused-ring (bicyclic) bond motifs is 1. The van der Waals surface area contributed by atoms with Gasteiger partial charge >= 0.3 is 0 Å². The summed E-state index contributed by atoms with van der Waals surface area (Å²) >= 11 is 0. The number of rotatable bonds is 4. The van der Waals surface area contributed by atoms with Crippen LogP contribution in [0.25, 0.3) is 0 Å². The fourth-order valence-electron chi connectivity index (χ4n) is 2.78. The lowest BCUT2D eigenvalue weighted by Crippen LogP contribution is -2.31. The summed E-state index contributed by atoms with van der Waals surface area (Å²) in [6.45, 7) is 0.375. The molecule has 2 heterocycles. The normalized spacial score (nSPS) is 21.9. The third kappa shape index (κ3) is 4.01. The summed E-state index contributed by atoms with van der Waals surface area (Å²) in [7, 11) is -2.92. The number of benzene rings is 1. The van der Waals surface area contributed by atoms with Gasteiger partial charge in [-0.05, 0) is 30.0 Å². The largest absolute Gasteiger partial charge is 0.482 e. The minimum atomic E-state index is -2.92. The molecule has 2 aliphatic heterocycles. The zero-order chi connectivity index (χ0) is 16.4. The van der Waals surface area contributed by atoms with Crippen LogP contribution in [0.5, 0.6) is 5.75 Å². The summed E-state index contributed by atoms with van der Waals surface area (Å²) in [4.78, 5) is 23.3. The first kappa shape index (κ1) is 15.8. The molecule has 1 saturated heterocycles. The molecule has 1 aromatic carbocycles. The quantitative estimate of drug-likeness (QED) is 0.811. The highest BCUT2D eigenvalue weighted by Gasteiger charge is 2.27. The lowest BCUT2D eigenvalue weighted by molar-refractivity contribution is -0.120. The smallest absolute Gasteiger partial charge is 0.262 e. The monoisotopic (exact) mass is 338 g/mol. The van der Waals surface area contributed by atoms with Gasteiger partial charge in [0.05, 0.1) is 23.6 Å². The maximum atomic E-state index is 12.0. The number of anilines is 1. The van der Waals surface area contributed by atoms with Gasteiger partial charge in [-0.2, -0.15) is 0 Å². The number of carbonyl (C=O) groups excluding carboxylic acids is 2. The average Bonchev–Trinajstić information content (AvgIpc) is 2.84. The maximum Gasteiger partial charge on any atom is 0.262 e. The van der Waals surface area contributed by atoms with E-state index >= 15 is 0 Å². The summed E-state index contributed by atoms with van der Waals surface area (Å²) < 4.78 is 28.0. The predicted molar refractivity (Wildman–Crippen MR) is 84.0 cm³/mol. The lowest BCUT2D eigenvalue weighted by Gasteiger charge is -2.18. The molecular weight excluding hydrogens is 320 g/mol. The minimum absolute atomic E-state index is 0.000158. The van der Waals surface area contributed by atoms with Gasteiger partial charge in [-0.1, -0.05) is 6.07 Å². The Bertz CT molecular complexity index is 744. The molecule has 2 aliphatic rings. The molecule has 8 heteroatoms. The highest BCUT2D eigenvalue weighted by molar-refractivity contribution is 7.91. The Morgan fingerprint density at radius 2 is 2.22 bits per heavy atom. The van der Waals surface area contributed by atoms with E-state index in [1.54, 1.807) is 18.2 Å². The fraction of sp³-hybridized carbons (Fsp3) is 0.467. The molecule has 0 spiro atoms. The molecule has 1 fully saturated rings. The summed E-state index contributed by atoms with van der Waals surface area (Å²) in [6.07, 6.45) is 0.771. The van der Waals surface area contributed by atoms with Crippen LogP contribution in [0.2, 0.25) is 0 Å². The van der Waals surface area contributed by atoms with Crippen LogP contribution in [0.3, 0.4) is 0 Å². The Hall–Kier alpha value is -2.09. The Morgan fingerprint density at radius 1 is 1.39 bits per heavy atom. The van der Waals surface area contributed by atoms with Crippen LogP contribution in [0, 0.1) is 5.92 Å². The van der Waals surface area contributed by atoms with Gasteiger partial charge in [0.25, 0.3) is 5.91 Å². The van der Waals surface area contributed by atoms with Gasteiger partial charge in [0.15, 0.2) is 16.4 Å². The van der Waals surface area contributed by atoms with Crippen LogP contribution in [0.1, 0.15) is 12.0 Å². The van der Waals surface area contributed by atoms with Crippen molar-refractivity contribution in [1.29, 1.82) is 0 Å². The van der Waals surface area contributed by atoms with Crippen molar-refractivity contribution in [2.45, 2.75) is 12.8 Å². The molecule has 1 unspecified atom stereocenters. The van der Waals surface area contributed by atoms with Crippen LogP contribution in [-0.2, 0) is 25.8 Å². The SMILES string of the molecule is O=C(Cc1ccc2c(c1)NC(=O)CO2)NCC1CCS(=O)(=O)C1. The second kappa shape index (κ2) is 6.19. The third-order valence-corrected chi connectivity index (χ3v) is 5.79. The molecule has 0 bridgehead atoms. The van der Waals surface area contributed by atoms with Gasteiger partial charge in [-0.15, -0.1) is 0 Å². The van der Waals surface area contributed by atoms with Gasteiger partial charge in [0.2, 0.25) is 5.91 Å². The van der Waals surface area contributed by atoms with Crippen molar-refractivity contribution >= 4 is 27.3 Å². The molecule has 2 N–H and O–H groups in total. The molecule has 23 heavy (non-hydrogen) atoms. The van der Waals surface area contributed by atoms with Crippen molar-refractivity contribution in [2.24, 2.45) is 5.92 Å². The van der Waals surface area contributed by atoms with Crippen molar-refractivity contribution in [3.05, 3.63) is 23.8 Å². The van der Waals surface area contributed by atoms with E-state index in [9.17, 15) is 18.0 Å². The van der Waals surface area contributed by atoms with Gasteiger partial charge in [0, 0.05) is 6.54 Å². The Balaban J connectivity index is 1.54. The van der Waals surface area contributed by atoms with Gasteiger partial charge < -0.3 is 15.4 Å². The maximum absolute atomic E-state index is 12.0. The molecule has 1 aromatic rings. The Kier molecular flexibility index (Phi) is 4.25. The van der Waals surface area contributed by atoms with Crippen molar-refractivity contribution < 1.29 is 22.7 Å². The van der Waals surface area contributed by atoms with Crippen LogP contribution >= 0.6 is 0 Å². The second-order valence-corrected chi connectivity index (χ2v) is 8.15. The fourth-order valence-corrected chi connectivity index (χ4v) is 4.64. The topological polar surface area (TPSA) is 102 Å². The van der Waals surface area contributed by atoms with E-state index in [0.29, 0.717) is 24.4 Å². The number of hydrogen-bond acceptors (Lipinski definition) is 5. The average molecular weight is 338 g/mol. The first-order chi connectivity index (χ1) is 10.9. The summed E-state index contributed by atoms with van der Waals surface area (Å²) in [6, 6.07) is 5.21. The molecule has 0 radical (unpaired) electrons. The number of hydrogen-bond donors (Lipinski definition) is 2. The first-order valence-electron chi connectivity index (χ1n) is 7.44. The lowest BCUT2D eigenvalue weighted by atomic mass is 10.1. The number of nitrogens with one attached hydrogen (secondary N) is 2. The molecule has 7 nitrogen and oxygen atoms in total. The number of amides is 2. The molecule has 1 atom stereocenters. The van der Waals surface area contributed by atoms with E-state index < -0.39 is 9.84 Å². The van der Waals surface area contributed by atoms with E-state index in [-0.39, 0.29) is 42.3 Å². The zero-order valence-electron chi connectivity index (χ0n) is 12.5. The van der Waals surface area contributed by atoms with Gasteiger partial charge in [-0.3, -0.25) is 9.59 Å². The number of carbonyl (C=O) groups is 2. The van der Waals surface area contributed by atoms with E-state index in [0.717, 1.165) is 5.56 Å². The van der Waals surface area contributed by atoms with Crippen molar-refractivity contribution in [3.8, 4) is 5.75 Å². The van der Waals surface area contributed by atoms with Crippen LogP contribution < -0.4 is 15.4 Å². The van der Waals surface area contributed by atoms with Crippen molar-refractivity contribution in [3.63, 3.8) is 0 Å². The third-order valence-electron chi connectivity index (χ3n) is 3.96. The molecule has 2 amide bonds. The number of ether oxygens (including phenoxy) is 1. The molecule has 0 aromatic heterocycles. The highest BCUT2D eigenvalue weighted by atomic mass is 32.2. The van der Waals surface area contributed by atoms with E-state index in [2.05, 4.69) is 10.6 Å². The minimum Gasteiger partial charge on any atom is -0.482 e. The standard InChI is InChI=1S/C15H18N2O5S/c18-14(16-7-11-3-4-23(20,21)9-11)6-10-1-2-13-12(5-10)17-15(19)8-22-13/h1-2,5,11H,3-4,6-9H2,(H,16,18)(H,17,19). The highest BCUT2D eigenvalue weighted by Crippen LogP contribution is 2.28. The molecule has 0 aliphatic carbocycles. The van der Waals surface area contributed by atoms with E-state index in [4.69, 9.17) is 4.74 Å². The van der Waals surface area contributed by atoms with Crippen LogP contribution in [0.15, 0.2) is 18.2 Å². The predicted octanol–water partition coefficient (Wildman–Crippen LogP) is 0.111. The Morgan fingerprint density at radius 3 is 2.96 bits per heavy atom. The number of sulfone groups is 1. The second-order valence-electron chi connectivity index (χ2n) is 5.92. The van der Waals surface area contributed by atoms with Crippen LogP contribution in [-0.4, -0.2) is 44.9 Å². The van der Waals surface area contributed by atoms with Crippen LogP contribution in [0.4, 0.5) is 5.69 Å². The van der Waals surface area contributed by atoms with E-state index in [1.165, 1.54) is 0 Å². The summed E-state index contributed by atoms with van der Waals surface area (Å²) in [5, 5.41) is 5.47. The van der Waals surface area contributed by atoms with E-state index in [1.807, 2.05) is 0 Å². The molecule has 0 saturated carbocycles. The molecule has 3 rings (SSSR count). The summed E-state index contributed by atoms with van der Waals surface area (Å²) in [5.41, 5.74) is 1.32. The van der Waals surface area contributed by atoms with Gasteiger partial charge in [-0.25, -0.2) is 8.42 Å². The first-order valence-corrected chi connectivity index (χ1v) is 9.26. The summed E-state index contributed by atoms with van der Waals surface area (Å²) in [5.74, 6) is 0.553. The molecular formula is C15H18N2O5S. The molecule has 124 valence electrons.